The van der Waals surface area contributed by atoms with Crippen molar-refractivity contribution in [1.29, 1.82) is 0 Å². The number of sulfonamides is 1. The number of piperazine rings is 1. The number of carbonyl (C=O) groups is 1. The van der Waals surface area contributed by atoms with Gasteiger partial charge in [0.25, 0.3) is 0 Å². The van der Waals surface area contributed by atoms with E-state index in [4.69, 9.17) is 9.47 Å². The Morgan fingerprint density at radius 1 is 1.15 bits per heavy atom. The summed E-state index contributed by atoms with van der Waals surface area (Å²) in [4.78, 5) is 14.3. The lowest BCUT2D eigenvalue weighted by atomic mass is 10.2. The highest BCUT2D eigenvalue weighted by molar-refractivity contribution is 7.89. The number of hydrogen-bond donors (Lipinski definition) is 1. The van der Waals surface area contributed by atoms with E-state index < -0.39 is 10.0 Å². The third-order valence-electron chi connectivity index (χ3n) is 5.11. The number of rotatable bonds is 7. The quantitative estimate of drug-likeness (QED) is 0.728. The summed E-state index contributed by atoms with van der Waals surface area (Å²) in [7, 11) is -0.780. The first kappa shape index (κ1) is 19.9. The van der Waals surface area contributed by atoms with E-state index in [1.165, 1.54) is 24.6 Å². The molecule has 1 aliphatic heterocycles. The number of methoxy groups -OCH3 is 2. The van der Waals surface area contributed by atoms with Gasteiger partial charge in [-0.1, -0.05) is 0 Å². The Morgan fingerprint density at radius 3 is 2.37 bits per heavy atom. The largest absolute Gasteiger partial charge is 0.497 e. The van der Waals surface area contributed by atoms with E-state index in [2.05, 4.69) is 5.32 Å². The van der Waals surface area contributed by atoms with Gasteiger partial charge in [-0.05, 0) is 31.9 Å². The minimum absolute atomic E-state index is 0.0169. The van der Waals surface area contributed by atoms with Crippen molar-refractivity contribution < 1.29 is 22.7 Å². The molecular weight excluding hydrogens is 370 g/mol. The first-order valence-corrected chi connectivity index (χ1v) is 10.6. The van der Waals surface area contributed by atoms with Crippen molar-refractivity contribution in [1.82, 2.24) is 14.5 Å². The van der Waals surface area contributed by atoms with Crippen molar-refractivity contribution in [2.24, 2.45) is 0 Å². The van der Waals surface area contributed by atoms with Crippen LogP contribution in [0, 0.1) is 0 Å². The minimum atomic E-state index is -3.71. The van der Waals surface area contributed by atoms with Gasteiger partial charge in [-0.25, -0.2) is 8.42 Å². The molecule has 1 N–H and O–H groups in total. The summed E-state index contributed by atoms with van der Waals surface area (Å²) >= 11 is 0. The molecule has 1 saturated carbocycles. The van der Waals surface area contributed by atoms with Gasteiger partial charge in [0.1, 0.15) is 16.4 Å². The second-order valence-corrected chi connectivity index (χ2v) is 8.82. The van der Waals surface area contributed by atoms with Crippen molar-refractivity contribution in [2.45, 2.75) is 36.7 Å². The number of nitrogens with one attached hydrogen (secondary N) is 1. The van der Waals surface area contributed by atoms with Crippen LogP contribution in [-0.4, -0.2) is 76.0 Å². The van der Waals surface area contributed by atoms with Gasteiger partial charge in [0.15, 0.2) is 0 Å². The molecule has 0 radical (unpaired) electrons. The number of carbonyl (C=O) groups excluding carboxylic acids is 1. The van der Waals surface area contributed by atoms with Crippen LogP contribution in [0.1, 0.15) is 19.8 Å². The molecule has 1 atom stereocenters. The smallest absolute Gasteiger partial charge is 0.246 e. The molecule has 8 nitrogen and oxygen atoms in total. The SMILES string of the molecule is COc1ccc(OC)c(S(=O)(=O)N2CCN([C@@H](C)C(=O)NC3CC3)CC2)c1. The zero-order valence-corrected chi connectivity index (χ0v) is 16.8. The topological polar surface area (TPSA) is 88.2 Å². The molecule has 27 heavy (non-hydrogen) atoms. The molecule has 1 aromatic rings. The molecule has 0 bridgehead atoms. The summed E-state index contributed by atoms with van der Waals surface area (Å²) in [6.45, 7) is 3.52. The molecule has 1 aromatic carbocycles. The van der Waals surface area contributed by atoms with Gasteiger partial charge in [-0.15, -0.1) is 0 Å². The average molecular weight is 397 g/mol. The van der Waals surface area contributed by atoms with E-state index >= 15 is 0 Å². The Hall–Kier alpha value is -1.84. The molecule has 0 unspecified atom stereocenters. The van der Waals surface area contributed by atoms with Crippen LogP contribution in [0.3, 0.4) is 0 Å². The summed E-state index contributed by atoms with van der Waals surface area (Å²) < 4.78 is 38.0. The minimum Gasteiger partial charge on any atom is -0.497 e. The van der Waals surface area contributed by atoms with Crippen LogP contribution >= 0.6 is 0 Å². The van der Waals surface area contributed by atoms with Crippen LogP contribution in [0.5, 0.6) is 11.5 Å². The third kappa shape index (κ3) is 4.36. The fourth-order valence-corrected chi connectivity index (χ4v) is 4.76. The molecule has 1 aliphatic carbocycles. The van der Waals surface area contributed by atoms with Crippen LogP contribution in [0.25, 0.3) is 0 Å². The fraction of sp³-hybridized carbons (Fsp3) is 0.611. The molecular formula is C18H27N3O5S. The van der Waals surface area contributed by atoms with Gasteiger partial charge in [0.05, 0.1) is 20.3 Å². The van der Waals surface area contributed by atoms with Gasteiger partial charge in [0.2, 0.25) is 15.9 Å². The molecule has 1 saturated heterocycles. The maximum atomic E-state index is 13.1. The lowest BCUT2D eigenvalue weighted by Gasteiger charge is -2.36. The lowest BCUT2D eigenvalue weighted by Crippen LogP contribution is -2.55. The average Bonchev–Trinajstić information content (AvgIpc) is 3.50. The molecule has 1 amide bonds. The molecule has 0 aromatic heterocycles. The van der Waals surface area contributed by atoms with Crippen LogP contribution in [0.2, 0.25) is 0 Å². The Kier molecular flexibility index (Phi) is 5.92. The molecule has 2 aliphatic rings. The second kappa shape index (κ2) is 8.04. The molecule has 2 fully saturated rings. The van der Waals surface area contributed by atoms with Gasteiger partial charge in [-0.3, -0.25) is 9.69 Å². The van der Waals surface area contributed by atoms with Crippen LogP contribution in [0.15, 0.2) is 23.1 Å². The Bertz CT molecular complexity index is 786. The summed E-state index contributed by atoms with van der Waals surface area (Å²) in [6, 6.07) is 4.79. The van der Waals surface area contributed by atoms with E-state index in [-0.39, 0.29) is 22.6 Å². The van der Waals surface area contributed by atoms with Crippen molar-refractivity contribution in [2.75, 3.05) is 40.4 Å². The van der Waals surface area contributed by atoms with E-state index in [0.29, 0.717) is 38.0 Å². The zero-order chi connectivity index (χ0) is 19.6. The van der Waals surface area contributed by atoms with Crippen molar-refractivity contribution in [3.05, 3.63) is 18.2 Å². The lowest BCUT2D eigenvalue weighted by molar-refractivity contribution is -0.126. The zero-order valence-electron chi connectivity index (χ0n) is 16.0. The highest BCUT2D eigenvalue weighted by atomic mass is 32.2. The predicted molar refractivity (Wildman–Crippen MR) is 101 cm³/mol. The number of nitrogens with zero attached hydrogens (tertiary/aromatic N) is 2. The summed E-state index contributed by atoms with van der Waals surface area (Å²) in [5.41, 5.74) is 0. The first-order chi connectivity index (χ1) is 12.9. The summed E-state index contributed by atoms with van der Waals surface area (Å²) in [5.74, 6) is 0.761. The summed E-state index contributed by atoms with van der Waals surface area (Å²) in [5, 5.41) is 3.00. The van der Waals surface area contributed by atoms with Gasteiger partial charge < -0.3 is 14.8 Å². The van der Waals surface area contributed by atoms with Crippen molar-refractivity contribution >= 4 is 15.9 Å². The van der Waals surface area contributed by atoms with Crippen LogP contribution in [-0.2, 0) is 14.8 Å². The highest BCUT2D eigenvalue weighted by Crippen LogP contribution is 2.31. The van der Waals surface area contributed by atoms with Gasteiger partial charge in [0, 0.05) is 38.3 Å². The molecule has 0 spiro atoms. The normalized spacial score (nSPS) is 20.1. The van der Waals surface area contributed by atoms with Gasteiger partial charge in [-0.2, -0.15) is 4.31 Å². The molecule has 150 valence electrons. The number of benzene rings is 1. The monoisotopic (exact) mass is 397 g/mol. The maximum Gasteiger partial charge on any atom is 0.246 e. The van der Waals surface area contributed by atoms with Crippen molar-refractivity contribution in [3.63, 3.8) is 0 Å². The predicted octanol–water partition coefficient (Wildman–Crippen LogP) is 0.677. The van der Waals surface area contributed by atoms with Gasteiger partial charge >= 0.3 is 0 Å². The fourth-order valence-electron chi connectivity index (χ4n) is 3.17. The standard InChI is InChI=1S/C18H27N3O5S/c1-13(18(22)19-14-4-5-14)20-8-10-21(11-9-20)27(23,24)17-12-15(25-2)6-7-16(17)26-3/h6-7,12-14H,4-5,8-11H2,1-3H3,(H,19,22)/t13-/m0/s1. The molecule has 1 heterocycles. The van der Waals surface area contributed by atoms with E-state index in [0.717, 1.165) is 12.8 Å². The Balaban J connectivity index is 1.68. The second-order valence-electron chi connectivity index (χ2n) is 6.92. The first-order valence-electron chi connectivity index (χ1n) is 9.13. The Morgan fingerprint density at radius 2 is 1.81 bits per heavy atom. The van der Waals surface area contributed by atoms with Crippen LogP contribution in [0.4, 0.5) is 0 Å². The number of ether oxygens (including phenoxy) is 2. The third-order valence-corrected chi connectivity index (χ3v) is 7.03. The number of amides is 1. The highest BCUT2D eigenvalue weighted by Gasteiger charge is 2.34. The van der Waals surface area contributed by atoms with Crippen LogP contribution < -0.4 is 14.8 Å². The van der Waals surface area contributed by atoms with Crippen molar-refractivity contribution in [3.8, 4) is 11.5 Å². The Labute approximate surface area is 160 Å². The maximum absolute atomic E-state index is 13.1. The summed E-state index contributed by atoms with van der Waals surface area (Å²) in [6.07, 6.45) is 2.10. The molecule has 3 rings (SSSR count). The number of hydrogen-bond acceptors (Lipinski definition) is 6. The van der Waals surface area contributed by atoms with E-state index in [9.17, 15) is 13.2 Å². The van der Waals surface area contributed by atoms with E-state index in [1.807, 2.05) is 11.8 Å². The molecule has 9 heteroatoms. The van der Waals surface area contributed by atoms with E-state index in [1.54, 1.807) is 12.1 Å².